The molecule has 0 unspecified atom stereocenters. The Kier molecular flexibility index (Phi) is 5.62. The van der Waals surface area contributed by atoms with Crippen molar-refractivity contribution in [2.75, 3.05) is 11.3 Å². The van der Waals surface area contributed by atoms with E-state index in [9.17, 15) is 13.2 Å². The van der Waals surface area contributed by atoms with Crippen LogP contribution < -0.4 is 10.0 Å². The number of aryl methyl sites for hydroxylation is 2. The van der Waals surface area contributed by atoms with Crippen LogP contribution in [-0.4, -0.2) is 20.9 Å². The van der Waals surface area contributed by atoms with Gasteiger partial charge in [-0.3, -0.25) is 9.52 Å². The van der Waals surface area contributed by atoms with Crippen molar-refractivity contribution in [2.45, 2.75) is 62.7 Å². The molecule has 0 aliphatic heterocycles. The quantitative estimate of drug-likeness (QED) is 0.698. The van der Waals surface area contributed by atoms with E-state index < -0.39 is 15.4 Å². The van der Waals surface area contributed by atoms with Crippen molar-refractivity contribution in [3.63, 3.8) is 0 Å². The average Bonchev–Trinajstić information content (AvgIpc) is 3.54. The number of nitrogens with one attached hydrogen (secondary N) is 2. The monoisotopic (exact) mass is 426 g/mol. The second-order valence-corrected chi connectivity index (χ2v) is 10.7. The molecular formula is C24H30N2O3S. The van der Waals surface area contributed by atoms with Crippen LogP contribution in [0.25, 0.3) is 0 Å². The summed E-state index contributed by atoms with van der Waals surface area (Å²) in [6.45, 7) is 4.81. The molecule has 4 rings (SSSR count). The largest absolute Gasteiger partial charge is 0.355 e. The third kappa shape index (κ3) is 4.24. The van der Waals surface area contributed by atoms with Gasteiger partial charge in [0.1, 0.15) is 0 Å². The van der Waals surface area contributed by atoms with E-state index in [-0.39, 0.29) is 5.91 Å². The van der Waals surface area contributed by atoms with Crippen molar-refractivity contribution >= 4 is 21.6 Å². The lowest BCUT2D eigenvalue weighted by molar-refractivity contribution is -0.123. The summed E-state index contributed by atoms with van der Waals surface area (Å²) < 4.78 is 28.4. The number of hydrogen-bond donors (Lipinski definition) is 2. The van der Waals surface area contributed by atoms with Crippen LogP contribution in [0.5, 0.6) is 0 Å². The second-order valence-electron chi connectivity index (χ2n) is 9.01. The first-order valence-corrected chi connectivity index (χ1v) is 12.3. The molecule has 0 saturated heterocycles. The lowest BCUT2D eigenvalue weighted by Crippen LogP contribution is -2.36. The average molecular weight is 427 g/mol. The molecule has 160 valence electrons. The van der Waals surface area contributed by atoms with Crippen LogP contribution in [0.1, 0.15) is 56.2 Å². The van der Waals surface area contributed by atoms with Gasteiger partial charge in [-0.15, -0.1) is 0 Å². The Bertz CT molecular complexity index is 1040. The minimum atomic E-state index is -3.64. The summed E-state index contributed by atoms with van der Waals surface area (Å²) in [6.07, 6.45) is 5.90. The molecule has 0 heterocycles. The molecule has 5 nitrogen and oxygen atoms in total. The van der Waals surface area contributed by atoms with Gasteiger partial charge >= 0.3 is 0 Å². The molecule has 0 atom stereocenters. The van der Waals surface area contributed by atoms with Gasteiger partial charge in [0, 0.05) is 12.2 Å². The topological polar surface area (TPSA) is 75.3 Å². The van der Waals surface area contributed by atoms with Gasteiger partial charge in [-0.05, 0) is 85.4 Å². The highest BCUT2D eigenvalue weighted by Gasteiger charge is 2.51. The minimum absolute atomic E-state index is 0.0681. The van der Waals surface area contributed by atoms with Crippen molar-refractivity contribution < 1.29 is 13.2 Å². The molecule has 2 aromatic carbocycles. The van der Waals surface area contributed by atoms with Crippen LogP contribution in [0.3, 0.4) is 0 Å². The first kappa shape index (κ1) is 20.9. The third-order valence-corrected chi connectivity index (χ3v) is 7.55. The Morgan fingerprint density at radius 3 is 2.30 bits per heavy atom. The highest BCUT2D eigenvalue weighted by atomic mass is 32.2. The lowest BCUT2D eigenvalue weighted by atomic mass is 9.92. The zero-order valence-corrected chi connectivity index (χ0v) is 18.5. The van der Waals surface area contributed by atoms with E-state index in [2.05, 4.69) is 23.9 Å². The predicted molar refractivity (Wildman–Crippen MR) is 119 cm³/mol. The van der Waals surface area contributed by atoms with Crippen LogP contribution >= 0.6 is 0 Å². The molecule has 1 fully saturated rings. The molecular weight excluding hydrogens is 396 g/mol. The Hall–Kier alpha value is -2.34. The molecule has 2 N–H and O–H groups in total. The molecule has 2 aromatic rings. The van der Waals surface area contributed by atoms with Gasteiger partial charge in [-0.25, -0.2) is 8.42 Å². The number of hydrogen-bond acceptors (Lipinski definition) is 3. The summed E-state index contributed by atoms with van der Waals surface area (Å²) in [7, 11) is -3.64. The van der Waals surface area contributed by atoms with E-state index in [1.165, 1.54) is 12.0 Å². The number of anilines is 1. The number of sulfonamides is 1. The van der Waals surface area contributed by atoms with Crippen molar-refractivity contribution in [1.82, 2.24) is 5.32 Å². The Morgan fingerprint density at radius 2 is 1.67 bits per heavy atom. The number of carbonyl (C=O) groups is 1. The first-order chi connectivity index (χ1) is 14.3. The molecule has 6 heteroatoms. The molecule has 1 amide bonds. The number of carbonyl (C=O) groups excluding carboxylic acids is 1. The molecule has 0 aromatic heterocycles. The van der Waals surface area contributed by atoms with E-state index in [1.54, 1.807) is 18.2 Å². The molecule has 30 heavy (non-hydrogen) atoms. The van der Waals surface area contributed by atoms with Crippen LogP contribution in [0.4, 0.5) is 5.69 Å². The van der Waals surface area contributed by atoms with Crippen molar-refractivity contribution in [1.29, 1.82) is 0 Å². The summed E-state index contributed by atoms with van der Waals surface area (Å²) in [4.78, 5) is 12.9. The highest BCUT2D eigenvalue weighted by Crippen LogP contribution is 2.48. The fourth-order valence-corrected chi connectivity index (χ4v) is 5.30. The molecule has 1 saturated carbocycles. The summed E-state index contributed by atoms with van der Waals surface area (Å²) in [6, 6.07) is 12.7. The molecule has 0 radical (unpaired) electrons. The SMILES string of the molecule is CC(C)CNC(=O)C1(c2ccc(NS(=O)(=O)c3ccc4c(c3)CCCC4)cc2)CC1. The molecule has 0 spiro atoms. The zero-order valence-electron chi connectivity index (χ0n) is 17.7. The fraction of sp³-hybridized carbons (Fsp3) is 0.458. The fourth-order valence-electron chi connectivity index (χ4n) is 4.19. The molecule has 2 aliphatic rings. The lowest BCUT2D eigenvalue weighted by Gasteiger charge is -2.18. The maximum atomic E-state index is 12.9. The Labute approximate surface area is 179 Å². The standard InChI is InChI=1S/C24H30N2O3S/c1-17(2)16-25-23(27)24(13-14-24)20-8-10-21(11-9-20)26-30(28,29)22-12-7-18-5-3-4-6-19(18)15-22/h7-12,15,17,26H,3-6,13-14,16H2,1-2H3,(H,25,27). The third-order valence-electron chi connectivity index (χ3n) is 6.18. The van der Waals surface area contributed by atoms with Crippen molar-refractivity contribution in [3.05, 3.63) is 59.2 Å². The van der Waals surface area contributed by atoms with Gasteiger partial charge in [-0.1, -0.05) is 32.0 Å². The summed E-state index contributed by atoms with van der Waals surface area (Å²) in [5, 5.41) is 3.03. The van der Waals surface area contributed by atoms with Gasteiger partial charge in [0.15, 0.2) is 0 Å². The summed E-state index contributed by atoms with van der Waals surface area (Å²) in [5.41, 5.74) is 3.40. The van der Waals surface area contributed by atoms with Gasteiger partial charge in [-0.2, -0.15) is 0 Å². The van der Waals surface area contributed by atoms with Gasteiger partial charge in [0.25, 0.3) is 10.0 Å². The minimum Gasteiger partial charge on any atom is -0.355 e. The smallest absolute Gasteiger partial charge is 0.261 e. The molecule has 2 aliphatic carbocycles. The van der Waals surface area contributed by atoms with E-state index in [0.717, 1.165) is 43.2 Å². The zero-order chi connectivity index (χ0) is 21.4. The van der Waals surface area contributed by atoms with Gasteiger partial charge in [0.2, 0.25) is 5.91 Å². The van der Waals surface area contributed by atoms with Crippen LogP contribution in [0.2, 0.25) is 0 Å². The predicted octanol–water partition coefficient (Wildman–Crippen LogP) is 4.17. The van der Waals surface area contributed by atoms with Crippen molar-refractivity contribution in [3.8, 4) is 0 Å². The van der Waals surface area contributed by atoms with Crippen LogP contribution in [-0.2, 0) is 33.1 Å². The van der Waals surface area contributed by atoms with Gasteiger partial charge < -0.3 is 5.32 Å². The van der Waals surface area contributed by atoms with Crippen LogP contribution in [0.15, 0.2) is 47.4 Å². The summed E-state index contributed by atoms with van der Waals surface area (Å²) >= 11 is 0. The maximum Gasteiger partial charge on any atom is 0.261 e. The first-order valence-electron chi connectivity index (χ1n) is 10.8. The second kappa shape index (κ2) is 8.06. The number of fused-ring (bicyclic) bond motifs is 1. The van der Waals surface area contributed by atoms with E-state index in [4.69, 9.17) is 0 Å². The number of amides is 1. The Balaban J connectivity index is 1.48. The normalized spacial score (nSPS) is 17.3. The summed E-state index contributed by atoms with van der Waals surface area (Å²) in [5.74, 6) is 0.476. The number of rotatable bonds is 7. The Morgan fingerprint density at radius 1 is 1.00 bits per heavy atom. The highest BCUT2D eigenvalue weighted by molar-refractivity contribution is 7.92. The number of benzene rings is 2. The van der Waals surface area contributed by atoms with E-state index in [0.29, 0.717) is 23.0 Å². The maximum absolute atomic E-state index is 12.9. The van der Waals surface area contributed by atoms with E-state index in [1.807, 2.05) is 24.3 Å². The molecule has 0 bridgehead atoms. The van der Waals surface area contributed by atoms with Crippen LogP contribution in [0, 0.1) is 5.92 Å². The van der Waals surface area contributed by atoms with E-state index >= 15 is 0 Å². The van der Waals surface area contributed by atoms with Gasteiger partial charge in [0.05, 0.1) is 10.3 Å². The van der Waals surface area contributed by atoms with Crippen molar-refractivity contribution in [2.24, 2.45) is 5.92 Å².